The van der Waals surface area contributed by atoms with Gasteiger partial charge >= 0.3 is 5.97 Å². The molecule has 1 aromatic carbocycles. The summed E-state index contributed by atoms with van der Waals surface area (Å²) in [6.45, 7) is 1.99. The van der Waals surface area contributed by atoms with Crippen molar-refractivity contribution in [1.82, 2.24) is 5.32 Å². The highest BCUT2D eigenvalue weighted by Crippen LogP contribution is 2.28. The SMILES string of the molecule is CCCCNC(=O)COC(=O)/C=C/c1ccc(OCC(N)=O)c(OC)c1. The molecule has 8 heteroatoms. The summed E-state index contributed by atoms with van der Waals surface area (Å²) < 4.78 is 15.2. The number of hydrogen-bond acceptors (Lipinski definition) is 6. The second-order valence-electron chi connectivity index (χ2n) is 5.31. The van der Waals surface area contributed by atoms with Crippen molar-refractivity contribution < 1.29 is 28.6 Å². The Morgan fingerprint density at radius 1 is 1.19 bits per heavy atom. The summed E-state index contributed by atoms with van der Waals surface area (Å²) >= 11 is 0. The monoisotopic (exact) mass is 364 g/mol. The van der Waals surface area contributed by atoms with Crippen molar-refractivity contribution >= 4 is 23.9 Å². The lowest BCUT2D eigenvalue weighted by Gasteiger charge is -2.09. The molecular formula is C18H24N2O6. The summed E-state index contributed by atoms with van der Waals surface area (Å²) in [5, 5.41) is 2.65. The fourth-order valence-electron chi connectivity index (χ4n) is 1.86. The van der Waals surface area contributed by atoms with E-state index in [1.165, 1.54) is 19.3 Å². The van der Waals surface area contributed by atoms with E-state index in [-0.39, 0.29) is 19.1 Å². The summed E-state index contributed by atoms with van der Waals surface area (Å²) in [7, 11) is 1.45. The van der Waals surface area contributed by atoms with Crippen LogP contribution in [-0.4, -0.2) is 44.7 Å². The van der Waals surface area contributed by atoms with Crippen molar-refractivity contribution in [3.63, 3.8) is 0 Å². The van der Waals surface area contributed by atoms with E-state index < -0.39 is 11.9 Å². The molecule has 8 nitrogen and oxygen atoms in total. The first-order valence-electron chi connectivity index (χ1n) is 8.17. The van der Waals surface area contributed by atoms with E-state index in [0.717, 1.165) is 12.8 Å². The quantitative estimate of drug-likeness (QED) is 0.344. The first-order chi connectivity index (χ1) is 12.5. The van der Waals surface area contributed by atoms with Gasteiger partial charge in [0.2, 0.25) is 0 Å². The van der Waals surface area contributed by atoms with Gasteiger partial charge in [0.25, 0.3) is 11.8 Å². The van der Waals surface area contributed by atoms with Crippen molar-refractivity contribution in [2.24, 2.45) is 5.73 Å². The third-order valence-electron chi connectivity index (χ3n) is 3.17. The molecular weight excluding hydrogens is 340 g/mol. The third kappa shape index (κ3) is 8.18. The molecule has 142 valence electrons. The number of methoxy groups -OCH3 is 1. The number of nitrogens with two attached hydrogens (primary N) is 1. The number of ether oxygens (including phenoxy) is 3. The maximum Gasteiger partial charge on any atom is 0.331 e. The van der Waals surface area contributed by atoms with Crippen molar-refractivity contribution in [1.29, 1.82) is 0 Å². The Labute approximate surface area is 152 Å². The molecule has 3 N–H and O–H groups in total. The van der Waals surface area contributed by atoms with Gasteiger partial charge < -0.3 is 25.3 Å². The van der Waals surface area contributed by atoms with Crippen molar-refractivity contribution in [3.8, 4) is 11.5 Å². The number of carbonyl (C=O) groups is 3. The fraction of sp³-hybridized carbons (Fsp3) is 0.389. The molecule has 0 aliphatic heterocycles. The predicted octanol–water partition coefficient (Wildman–Crippen LogP) is 1.03. The molecule has 0 bridgehead atoms. The normalized spacial score (nSPS) is 10.4. The van der Waals surface area contributed by atoms with Crippen molar-refractivity contribution in [3.05, 3.63) is 29.8 Å². The molecule has 0 unspecified atom stereocenters. The molecule has 0 aliphatic carbocycles. The van der Waals surface area contributed by atoms with Gasteiger partial charge in [-0.15, -0.1) is 0 Å². The minimum atomic E-state index is -0.635. The molecule has 0 radical (unpaired) electrons. The molecule has 0 aromatic heterocycles. The zero-order chi connectivity index (χ0) is 19.4. The molecule has 0 fully saturated rings. The number of hydrogen-bond donors (Lipinski definition) is 2. The highest BCUT2D eigenvalue weighted by Gasteiger charge is 2.07. The fourth-order valence-corrected chi connectivity index (χ4v) is 1.86. The molecule has 0 spiro atoms. The van der Waals surface area contributed by atoms with Gasteiger partial charge in [-0.05, 0) is 30.2 Å². The van der Waals surface area contributed by atoms with Crippen LogP contribution >= 0.6 is 0 Å². The van der Waals surface area contributed by atoms with Crippen LogP contribution in [-0.2, 0) is 19.1 Å². The molecule has 2 amide bonds. The molecule has 1 aromatic rings. The maximum atomic E-state index is 11.7. The zero-order valence-corrected chi connectivity index (χ0v) is 14.9. The van der Waals surface area contributed by atoms with E-state index in [1.807, 2.05) is 6.92 Å². The van der Waals surface area contributed by atoms with E-state index >= 15 is 0 Å². The Morgan fingerprint density at radius 2 is 1.96 bits per heavy atom. The van der Waals surface area contributed by atoms with Crippen LogP contribution in [0.3, 0.4) is 0 Å². The number of nitrogens with one attached hydrogen (secondary N) is 1. The molecule has 0 saturated heterocycles. The van der Waals surface area contributed by atoms with Crippen LogP contribution in [0.15, 0.2) is 24.3 Å². The third-order valence-corrected chi connectivity index (χ3v) is 3.17. The molecule has 26 heavy (non-hydrogen) atoms. The van der Waals surface area contributed by atoms with Crippen LogP contribution in [0.5, 0.6) is 11.5 Å². The Hall–Kier alpha value is -3.03. The number of carbonyl (C=O) groups excluding carboxylic acids is 3. The first kappa shape index (κ1) is 21.0. The van der Waals surface area contributed by atoms with Crippen LogP contribution in [0.2, 0.25) is 0 Å². The van der Waals surface area contributed by atoms with Gasteiger partial charge in [0, 0.05) is 12.6 Å². The number of unbranched alkanes of at least 4 members (excludes halogenated alkanes) is 1. The largest absolute Gasteiger partial charge is 0.493 e. The van der Waals surface area contributed by atoms with Crippen LogP contribution < -0.4 is 20.5 Å². The van der Waals surface area contributed by atoms with Crippen molar-refractivity contribution in [2.45, 2.75) is 19.8 Å². The molecule has 1 rings (SSSR count). The van der Waals surface area contributed by atoms with E-state index in [9.17, 15) is 14.4 Å². The van der Waals surface area contributed by atoms with E-state index in [2.05, 4.69) is 5.32 Å². The Morgan fingerprint density at radius 3 is 2.62 bits per heavy atom. The number of benzene rings is 1. The van der Waals surface area contributed by atoms with Crippen LogP contribution in [0.1, 0.15) is 25.3 Å². The van der Waals surface area contributed by atoms with E-state index in [0.29, 0.717) is 23.6 Å². The van der Waals surface area contributed by atoms with Crippen LogP contribution in [0.25, 0.3) is 6.08 Å². The number of amides is 2. The minimum absolute atomic E-state index is 0.266. The lowest BCUT2D eigenvalue weighted by Crippen LogP contribution is -2.29. The lowest BCUT2D eigenvalue weighted by atomic mass is 10.2. The summed E-state index contributed by atoms with van der Waals surface area (Å²) in [6, 6.07) is 4.88. The van der Waals surface area contributed by atoms with Gasteiger partial charge in [-0.3, -0.25) is 9.59 Å². The minimum Gasteiger partial charge on any atom is -0.493 e. The zero-order valence-electron chi connectivity index (χ0n) is 14.9. The topological polar surface area (TPSA) is 117 Å². The van der Waals surface area contributed by atoms with Gasteiger partial charge in [0.05, 0.1) is 7.11 Å². The van der Waals surface area contributed by atoms with Gasteiger partial charge in [-0.1, -0.05) is 19.4 Å². The van der Waals surface area contributed by atoms with Crippen LogP contribution in [0.4, 0.5) is 0 Å². The van der Waals surface area contributed by atoms with E-state index in [1.54, 1.807) is 18.2 Å². The summed E-state index contributed by atoms with van der Waals surface area (Å²) in [6.07, 6.45) is 4.56. The average molecular weight is 364 g/mol. The first-order valence-corrected chi connectivity index (χ1v) is 8.17. The summed E-state index contributed by atoms with van der Waals surface area (Å²) in [4.78, 5) is 33.9. The lowest BCUT2D eigenvalue weighted by molar-refractivity contribution is -0.143. The Kier molecular flexibility index (Phi) is 9.30. The van der Waals surface area contributed by atoms with Gasteiger partial charge in [0.15, 0.2) is 24.7 Å². The highest BCUT2D eigenvalue weighted by molar-refractivity contribution is 5.89. The molecule has 0 aliphatic rings. The summed E-state index contributed by atoms with van der Waals surface area (Å²) in [5.74, 6) is -0.828. The highest BCUT2D eigenvalue weighted by atomic mass is 16.5. The average Bonchev–Trinajstić information content (AvgIpc) is 2.63. The van der Waals surface area contributed by atoms with Gasteiger partial charge in [0.1, 0.15) is 0 Å². The predicted molar refractivity (Wildman–Crippen MR) is 95.6 cm³/mol. The van der Waals surface area contributed by atoms with Crippen molar-refractivity contribution in [2.75, 3.05) is 26.9 Å². The van der Waals surface area contributed by atoms with Crippen LogP contribution in [0, 0.1) is 0 Å². The maximum absolute atomic E-state index is 11.7. The number of primary amides is 1. The van der Waals surface area contributed by atoms with E-state index in [4.69, 9.17) is 19.9 Å². The van der Waals surface area contributed by atoms with Gasteiger partial charge in [-0.25, -0.2) is 4.79 Å². The number of rotatable bonds is 11. The molecule has 0 heterocycles. The second kappa shape index (κ2) is 11.5. The molecule has 0 atom stereocenters. The summed E-state index contributed by atoms with van der Waals surface area (Å²) in [5.41, 5.74) is 5.68. The standard InChI is InChI=1S/C18H24N2O6/c1-3-4-9-20-17(22)12-26-18(23)8-6-13-5-7-14(15(10-13)24-2)25-11-16(19)21/h5-8,10H,3-4,9,11-12H2,1-2H3,(H2,19,21)(H,20,22)/b8-6+. The smallest absolute Gasteiger partial charge is 0.331 e. The Balaban J connectivity index is 2.54. The van der Waals surface area contributed by atoms with Gasteiger partial charge in [-0.2, -0.15) is 0 Å². The molecule has 0 saturated carbocycles. The second-order valence-corrected chi connectivity index (χ2v) is 5.31. The number of esters is 1. The Bertz CT molecular complexity index is 657.